The van der Waals surface area contributed by atoms with Gasteiger partial charge in [-0.25, -0.2) is 0 Å². The van der Waals surface area contributed by atoms with Gasteiger partial charge in [-0.2, -0.15) is 0 Å². The molecule has 2 aromatic rings. The Bertz CT molecular complexity index is 945. The van der Waals surface area contributed by atoms with Gasteiger partial charge >= 0.3 is 0 Å². The minimum atomic E-state index is -0.594. The lowest BCUT2D eigenvalue weighted by molar-refractivity contribution is -0.384. The number of nitrogens with zero attached hydrogens (tertiary/aromatic N) is 2. The summed E-state index contributed by atoms with van der Waals surface area (Å²) in [6, 6.07) is 11.1. The summed E-state index contributed by atoms with van der Waals surface area (Å²) in [5.74, 6) is -0.152. The molecule has 0 saturated heterocycles. The van der Waals surface area contributed by atoms with E-state index in [0.717, 1.165) is 0 Å². The number of nitro groups is 1. The van der Waals surface area contributed by atoms with Gasteiger partial charge in [0.25, 0.3) is 5.69 Å². The second-order valence-corrected chi connectivity index (χ2v) is 6.34. The number of nitrogens with one attached hydrogen (secondary N) is 1. The van der Waals surface area contributed by atoms with Gasteiger partial charge in [-0.15, -0.1) is 0 Å². The number of hydrogen-bond donors (Lipinski definition) is 1. The van der Waals surface area contributed by atoms with Crippen molar-refractivity contribution in [2.24, 2.45) is 0 Å². The maximum absolute atomic E-state index is 12.4. The first-order valence-electron chi connectivity index (χ1n) is 8.69. The Hall–Kier alpha value is -3.39. The monoisotopic (exact) mass is 417 g/mol. The normalized spacial score (nSPS) is 10.6. The molecule has 0 aliphatic heterocycles. The number of ether oxygens (including phenoxy) is 1. The zero-order valence-corrected chi connectivity index (χ0v) is 16.7. The number of likely N-dealkylation sites (N-methyl/N-ethyl adjacent to an activating group) is 1. The van der Waals surface area contributed by atoms with Gasteiger partial charge in [-0.1, -0.05) is 23.7 Å². The van der Waals surface area contributed by atoms with Crippen LogP contribution in [0.15, 0.2) is 48.5 Å². The molecule has 0 spiro atoms. The van der Waals surface area contributed by atoms with Crippen molar-refractivity contribution >= 4 is 40.9 Å². The highest BCUT2D eigenvalue weighted by Crippen LogP contribution is 2.25. The van der Waals surface area contributed by atoms with E-state index in [4.69, 9.17) is 16.3 Å². The van der Waals surface area contributed by atoms with Crippen LogP contribution in [0.5, 0.6) is 5.75 Å². The van der Waals surface area contributed by atoms with Crippen molar-refractivity contribution < 1.29 is 19.2 Å². The summed E-state index contributed by atoms with van der Waals surface area (Å²) in [6.45, 7) is 1.92. The molecule has 0 saturated carbocycles. The van der Waals surface area contributed by atoms with Crippen molar-refractivity contribution in [1.29, 1.82) is 0 Å². The molecule has 9 heteroatoms. The number of halogens is 1. The number of methoxy groups -OCH3 is 1. The molecule has 2 amide bonds. The Balaban J connectivity index is 2.02. The molecule has 0 heterocycles. The van der Waals surface area contributed by atoms with E-state index in [0.29, 0.717) is 23.5 Å². The zero-order valence-electron chi connectivity index (χ0n) is 15.9. The van der Waals surface area contributed by atoms with E-state index >= 15 is 0 Å². The Kier molecular flexibility index (Phi) is 7.73. The molecule has 0 fully saturated rings. The van der Waals surface area contributed by atoms with Crippen LogP contribution in [0, 0.1) is 10.1 Å². The Morgan fingerprint density at radius 3 is 2.69 bits per heavy atom. The molecular weight excluding hydrogens is 398 g/mol. The first-order valence-corrected chi connectivity index (χ1v) is 9.06. The second-order valence-electron chi connectivity index (χ2n) is 5.93. The third-order valence-corrected chi connectivity index (χ3v) is 4.29. The number of carbonyl (C=O) groups is 2. The lowest BCUT2D eigenvalue weighted by atomic mass is 10.2. The quantitative estimate of drug-likeness (QED) is 0.400. The van der Waals surface area contributed by atoms with Crippen LogP contribution in [0.25, 0.3) is 6.08 Å². The van der Waals surface area contributed by atoms with Gasteiger partial charge in [0, 0.05) is 30.4 Å². The fourth-order valence-corrected chi connectivity index (χ4v) is 2.65. The smallest absolute Gasteiger partial charge is 0.288 e. The topological polar surface area (TPSA) is 102 Å². The molecule has 29 heavy (non-hydrogen) atoms. The Morgan fingerprint density at radius 1 is 1.28 bits per heavy atom. The van der Waals surface area contributed by atoms with Gasteiger partial charge < -0.3 is 15.0 Å². The number of anilines is 1. The van der Waals surface area contributed by atoms with E-state index in [9.17, 15) is 19.7 Å². The maximum atomic E-state index is 12.4. The van der Waals surface area contributed by atoms with E-state index in [1.165, 1.54) is 36.3 Å². The largest absolute Gasteiger partial charge is 0.497 e. The summed E-state index contributed by atoms with van der Waals surface area (Å²) in [4.78, 5) is 36.4. The number of carbonyl (C=O) groups excluding carboxylic acids is 2. The fraction of sp³-hybridized carbons (Fsp3) is 0.200. The first kappa shape index (κ1) is 21.9. The average molecular weight is 418 g/mol. The number of benzene rings is 2. The number of amides is 2. The van der Waals surface area contributed by atoms with E-state index in [2.05, 4.69) is 5.32 Å². The van der Waals surface area contributed by atoms with Crippen molar-refractivity contribution in [3.63, 3.8) is 0 Å². The van der Waals surface area contributed by atoms with Crippen LogP contribution in [0.4, 0.5) is 11.4 Å². The highest BCUT2D eigenvalue weighted by atomic mass is 35.5. The third-order valence-electron chi connectivity index (χ3n) is 3.97. The van der Waals surface area contributed by atoms with Crippen LogP contribution >= 0.6 is 11.6 Å². The molecule has 0 unspecified atom stereocenters. The third kappa shape index (κ3) is 6.32. The van der Waals surface area contributed by atoms with E-state index < -0.39 is 10.8 Å². The summed E-state index contributed by atoms with van der Waals surface area (Å²) in [6.07, 6.45) is 2.70. The van der Waals surface area contributed by atoms with Gasteiger partial charge in [-0.05, 0) is 36.8 Å². The van der Waals surface area contributed by atoms with Crippen molar-refractivity contribution in [2.45, 2.75) is 6.92 Å². The van der Waals surface area contributed by atoms with Gasteiger partial charge in [0.05, 0.1) is 12.0 Å². The minimum Gasteiger partial charge on any atom is -0.497 e. The first-order chi connectivity index (χ1) is 13.8. The highest BCUT2D eigenvalue weighted by molar-refractivity contribution is 6.32. The standard InChI is InChI=1S/C20H20ClN3O5/c1-3-23(13-19(25)22-15-5-4-6-16(12-15)29-2)20(26)10-8-14-7-9-17(21)18(11-14)24(27)28/h4-12H,3,13H2,1-2H3,(H,22,25)/b10-8+. The van der Waals surface area contributed by atoms with Crippen LogP contribution < -0.4 is 10.1 Å². The SMILES string of the molecule is CCN(CC(=O)Nc1cccc(OC)c1)C(=O)/C=C/c1ccc(Cl)c([N+](=O)[O-])c1. The molecule has 152 valence electrons. The summed E-state index contributed by atoms with van der Waals surface area (Å²) in [5.41, 5.74) is 0.763. The Morgan fingerprint density at radius 2 is 2.03 bits per heavy atom. The lowest BCUT2D eigenvalue weighted by Crippen LogP contribution is -2.36. The van der Waals surface area contributed by atoms with E-state index in [1.54, 1.807) is 37.3 Å². The molecule has 0 aliphatic carbocycles. The van der Waals surface area contributed by atoms with Crippen LogP contribution in [0.3, 0.4) is 0 Å². The Labute approximate surface area is 172 Å². The number of hydrogen-bond acceptors (Lipinski definition) is 5. The molecule has 0 bridgehead atoms. The summed E-state index contributed by atoms with van der Waals surface area (Å²) in [7, 11) is 1.53. The molecule has 0 radical (unpaired) electrons. The van der Waals surface area contributed by atoms with Gasteiger partial charge in [0.15, 0.2) is 0 Å². The van der Waals surface area contributed by atoms with Crippen molar-refractivity contribution in [1.82, 2.24) is 4.90 Å². The van der Waals surface area contributed by atoms with Gasteiger partial charge in [-0.3, -0.25) is 19.7 Å². The molecule has 2 rings (SSSR count). The fourth-order valence-electron chi connectivity index (χ4n) is 2.47. The van der Waals surface area contributed by atoms with Crippen molar-refractivity contribution in [2.75, 3.05) is 25.5 Å². The molecule has 8 nitrogen and oxygen atoms in total. The van der Waals surface area contributed by atoms with Gasteiger partial charge in [0.1, 0.15) is 17.3 Å². The highest BCUT2D eigenvalue weighted by Gasteiger charge is 2.15. The second kappa shape index (κ2) is 10.2. The van der Waals surface area contributed by atoms with E-state index in [1.807, 2.05) is 0 Å². The minimum absolute atomic E-state index is 0.0166. The van der Waals surface area contributed by atoms with E-state index in [-0.39, 0.29) is 23.2 Å². The van der Waals surface area contributed by atoms with Crippen LogP contribution in [-0.2, 0) is 9.59 Å². The van der Waals surface area contributed by atoms with Crippen LogP contribution in [0.1, 0.15) is 12.5 Å². The molecule has 1 N–H and O–H groups in total. The number of nitro benzene ring substituents is 1. The van der Waals surface area contributed by atoms with Gasteiger partial charge in [0.2, 0.25) is 11.8 Å². The summed E-state index contributed by atoms with van der Waals surface area (Å²) in [5, 5.41) is 13.7. The summed E-state index contributed by atoms with van der Waals surface area (Å²) >= 11 is 5.78. The molecule has 0 aromatic heterocycles. The van der Waals surface area contributed by atoms with Crippen molar-refractivity contribution in [3.8, 4) is 5.75 Å². The van der Waals surface area contributed by atoms with Crippen LogP contribution in [-0.4, -0.2) is 41.8 Å². The molecule has 0 atom stereocenters. The maximum Gasteiger partial charge on any atom is 0.288 e. The number of rotatable bonds is 8. The lowest BCUT2D eigenvalue weighted by Gasteiger charge is -2.18. The molecular formula is C20H20ClN3O5. The molecule has 0 aliphatic rings. The summed E-state index contributed by atoms with van der Waals surface area (Å²) < 4.78 is 5.11. The predicted octanol–water partition coefficient (Wildman–Crippen LogP) is 3.76. The van der Waals surface area contributed by atoms with Crippen LogP contribution in [0.2, 0.25) is 5.02 Å². The van der Waals surface area contributed by atoms with Crippen molar-refractivity contribution in [3.05, 3.63) is 69.2 Å². The average Bonchev–Trinajstić information content (AvgIpc) is 2.71. The predicted molar refractivity (Wildman–Crippen MR) is 111 cm³/mol. The molecule has 2 aromatic carbocycles. The zero-order chi connectivity index (χ0) is 21.4.